The minimum absolute atomic E-state index is 0.0751. The number of aromatic nitrogens is 3. The van der Waals surface area contributed by atoms with Gasteiger partial charge in [-0.3, -0.25) is 4.79 Å². The minimum Gasteiger partial charge on any atom is -0.319 e. The minimum atomic E-state index is -0.386. The number of anilines is 1. The predicted octanol–water partition coefficient (Wildman–Crippen LogP) is 5.91. The number of benzene rings is 3. The smallest absolute Gasteiger partial charge is 0.295 e. The normalized spacial score (nSPS) is 10.7. The topological polar surface area (TPSA) is 59.8 Å². The molecule has 0 fully saturated rings. The Morgan fingerprint density at radius 3 is 2.45 bits per heavy atom. The van der Waals surface area contributed by atoms with Crippen LogP contribution in [-0.4, -0.2) is 20.7 Å². The van der Waals surface area contributed by atoms with Crippen molar-refractivity contribution in [1.29, 1.82) is 0 Å². The fourth-order valence-corrected chi connectivity index (χ4v) is 3.33. The molecule has 1 N–H and O–H groups in total. The number of halogens is 2. The summed E-state index contributed by atoms with van der Waals surface area (Å²) in [6, 6.07) is 22.5. The molecule has 0 aliphatic carbocycles. The number of nitrogens with one attached hydrogen (secondary N) is 1. The molecule has 4 aromatic rings. The maximum Gasteiger partial charge on any atom is 0.295 e. The molecule has 1 amide bonds. The van der Waals surface area contributed by atoms with Gasteiger partial charge in [-0.15, -0.1) is 5.10 Å². The molecule has 0 unspecified atom stereocenters. The SMILES string of the molecule is Cc1c(Cl)cccc1-n1nc(C(=O)Nc2ccc(Br)cc2)nc1-c1ccccc1. The Morgan fingerprint density at radius 2 is 1.72 bits per heavy atom. The maximum absolute atomic E-state index is 12.8. The number of hydrogen-bond donors (Lipinski definition) is 1. The highest BCUT2D eigenvalue weighted by Crippen LogP contribution is 2.27. The fraction of sp³-hybridized carbons (Fsp3) is 0.0455. The number of nitrogens with zero attached hydrogens (tertiary/aromatic N) is 3. The lowest BCUT2D eigenvalue weighted by atomic mass is 10.2. The number of rotatable bonds is 4. The molecule has 0 saturated carbocycles. The molecule has 1 heterocycles. The van der Waals surface area contributed by atoms with E-state index in [1.165, 1.54) is 0 Å². The van der Waals surface area contributed by atoms with Gasteiger partial charge < -0.3 is 5.32 Å². The summed E-state index contributed by atoms with van der Waals surface area (Å²) in [4.78, 5) is 17.3. The highest BCUT2D eigenvalue weighted by atomic mass is 79.9. The van der Waals surface area contributed by atoms with Gasteiger partial charge in [-0.25, -0.2) is 9.67 Å². The molecule has 7 heteroatoms. The lowest BCUT2D eigenvalue weighted by Gasteiger charge is -2.10. The summed E-state index contributed by atoms with van der Waals surface area (Å²) < 4.78 is 2.59. The van der Waals surface area contributed by atoms with Crippen molar-refractivity contribution in [3.63, 3.8) is 0 Å². The average molecular weight is 468 g/mol. The molecule has 1 aromatic heterocycles. The van der Waals surface area contributed by atoms with Crippen LogP contribution in [-0.2, 0) is 0 Å². The van der Waals surface area contributed by atoms with Crippen LogP contribution in [0.3, 0.4) is 0 Å². The summed E-state index contributed by atoms with van der Waals surface area (Å²) in [7, 11) is 0. The number of carbonyl (C=O) groups is 1. The molecule has 0 spiro atoms. The molecule has 4 rings (SSSR count). The Kier molecular flexibility index (Phi) is 5.47. The second-order valence-electron chi connectivity index (χ2n) is 6.38. The number of amides is 1. The van der Waals surface area contributed by atoms with E-state index in [0.717, 1.165) is 21.3 Å². The van der Waals surface area contributed by atoms with Crippen molar-refractivity contribution in [2.24, 2.45) is 0 Å². The molecule has 0 radical (unpaired) electrons. The van der Waals surface area contributed by atoms with E-state index in [4.69, 9.17) is 11.6 Å². The predicted molar refractivity (Wildman–Crippen MR) is 119 cm³/mol. The van der Waals surface area contributed by atoms with Gasteiger partial charge in [0.25, 0.3) is 5.91 Å². The van der Waals surface area contributed by atoms with Crippen LogP contribution in [0.2, 0.25) is 5.02 Å². The summed E-state index contributed by atoms with van der Waals surface area (Å²) in [5, 5.41) is 7.95. The number of carbonyl (C=O) groups excluding carboxylic acids is 1. The van der Waals surface area contributed by atoms with Gasteiger partial charge in [0, 0.05) is 20.7 Å². The Hall–Kier alpha value is -2.96. The van der Waals surface area contributed by atoms with Gasteiger partial charge in [0.15, 0.2) is 5.82 Å². The second-order valence-corrected chi connectivity index (χ2v) is 7.70. The second kappa shape index (κ2) is 8.19. The van der Waals surface area contributed by atoms with Gasteiger partial charge >= 0.3 is 0 Å². The Labute approximate surface area is 181 Å². The summed E-state index contributed by atoms with van der Waals surface area (Å²) in [6.07, 6.45) is 0. The molecule has 0 aliphatic rings. The summed E-state index contributed by atoms with van der Waals surface area (Å²) in [5.41, 5.74) is 3.14. The van der Waals surface area contributed by atoms with Crippen molar-refractivity contribution in [3.8, 4) is 17.1 Å². The van der Waals surface area contributed by atoms with Crippen molar-refractivity contribution in [3.05, 3.63) is 93.7 Å². The van der Waals surface area contributed by atoms with E-state index in [2.05, 4.69) is 31.3 Å². The first-order valence-corrected chi connectivity index (χ1v) is 10.0. The van der Waals surface area contributed by atoms with Crippen LogP contribution in [0.5, 0.6) is 0 Å². The van der Waals surface area contributed by atoms with Gasteiger partial charge in [-0.2, -0.15) is 0 Å². The Morgan fingerprint density at radius 1 is 1.00 bits per heavy atom. The van der Waals surface area contributed by atoms with Crippen molar-refractivity contribution >= 4 is 39.1 Å². The molecular weight excluding hydrogens is 452 g/mol. The van der Waals surface area contributed by atoms with Gasteiger partial charge in [0.05, 0.1) is 5.69 Å². The third kappa shape index (κ3) is 4.09. The third-order valence-electron chi connectivity index (χ3n) is 4.41. The zero-order valence-electron chi connectivity index (χ0n) is 15.4. The zero-order chi connectivity index (χ0) is 20.4. The van der Waals surface area contributed by atoms with E-state index in [1.807, 2.05) is 67.6 Å². The van der Waals surface area contributed by atoms with Gasteiger partial charge in [0.2, 0.25) is 5.82 Å². The standard InChI is InChI=1S/C22H16BrClN4O/c1-14-18(24)8-5-9-19(14)28-21(15-6-3-2-4-7-15)26-20(27-28)22(29)25-17-12-10-16(23)11-13-17/h2-13H,1H3,(H,25,29). The lowest BCUT2D eigenvalue weighted by Crippen LogP contribution is -2.14. The van der Waals surface area contributed by atoms with E-state index in [9.17, 15) is 4.79 Å². The van der Waals surface area contributed by atoms with Gasteiger partial charge in [-0.1, -0.05) is 63.9 Å². The first-order valence-electron chi connectivity index (χ1n) is 8.88. The fourth-order valence-electron chi connectivity index (χ4n) is 2.90. The lowest BCUT2D eigenvalue weighted by molar-refractivity contribution is 0.101. The third-order valence-corrected chi connectivity index (χ3v) is 5.35. The first-order chi connectivity index (χ1) is 14.0. The van der Waals surface area contributed by atoms with Crippen LogP contribution in [0.4, 0.5) is 5.69 Å². The molecule has 0 atom stereocenters. The van der Waals surface area contributed by atoms with E-state index < -0.39 is 0 Å². The summed E-state index contributed by atoms with van der Waals surface area (Å²) in [6.45, 7) is 1.91. The van der Waals surface area contributed by atoms with E-state index in [1.54, 1.807) is 16.8 Å². The first kappa shape index (κ1) is 19.4. The van der Waals surface area contributed by atoms with Crippen LogP contribution in [0.1, 0.15) is 16.2 Å². The quantitative estimate of drug-likeness (QED) is 0.406. The van der Waals surface area contributed by atoms with Crippen LogP contribution in [0.25, 0.3) is 17.1 Å². The van der Waals surface area contributed by atoms with E-state index in [-0.39, 0.29) is 11.7 Å². The summed E-state index contributed by atoms with van der Waals surface area (Å²) in [5.74, 6) is 0.256. The highest BCUT2D eigenvalue weighted by Gasteiger charge is 2.20. The molecule has 29 heavy (non-hydrogen) atoms. The molecule has 0 saturated heterocycles. The maximum atomic E-state index is 12.8. The molecule has 0 bridgehead atoms. The van der Waals surface area contributed by atoms with Crippen molar-refractivity contribution < 1.29 is 4.79 Å². The van der Waals surface area contributed by atoms with Gasteiger partial charge in [0.1, 0.15) is 0 Å². The molecular formula is C22H16BrClN4O. The Bertz CT molecular complexity index is 1170. The van der Waals surface area contributed by atoms with E-state index in [0.29, 0.717) is 16.5 Å². The monoisotopic (exact) mass is 466 g/mol. The molecule has 144 valence electrons. The van der Waals surface area contributed by atoms with Crippen LogP contribution >= 0.6 is 27.5 Å². The van der Waals surface area contributed by atoms with Crippen molar-refractivity contribution in [2.45, 2.75) is 6.92 Å². The summed E-state index contributed by atoms with van der Waals surface area (Å²) >= 11 is 9.69. The average Bonchev–Trinajstić information content (AvgIpc) is 3.18. The number of hydrogen-bond acceptors (Lipinski definition) is 3. The van der Waals surface area contributed by atoms with Crippen LogP contribution < -0.4 is 5.32 Å². The molecule has 3 aromatic carbocycles. The van der Waals surface area contributed by atoms with Crippen molar-refractivity contribution in [2.75, 3.05) is 5.32 Å². The Balaban J connectivity index is 1.78. The van der Waals surface area contributed by atoms with E-state index >= 15 is 0 Å². The molecule has 5 nitrogen and oxygen atoms in total. The van der Waals surface area contributed by atoms with Crippen LogP contribution in [0.15, 0.2) is 77.3 Å². The molecule has 0 aliphatic heterocycles. The zero-order valence-corrected chi connectivity index (χ0v) is 17.8. The van der Waals surface area contributed by atoms with Crippen LogP contribution in [0, 0.1) is 6.92 Å². The van der Waals surface area contributed by atoms with Gasteiger partial charge in [-0.05, 0) is 48.9 Å². The van der Waals surface area contributed by atoms with Crippen molar-refractivity contribution in [1.82, 2.24) is 14.8 Å². The largest absolute Gasteiger partial charge is 0.319 e. The highest BCUT2D eigenvalue weighted by molar-refractivity contribution is 9.10.